The van der Waals surface area contributed by atoms with Crippen molar-refractivity contribution in [2.75, 3.05) is 6.61 Å². The first kappa shape index (κ1) is 31.8. The zero-order valence-corrected chi connectivity index (χ0v) is 21.5. The Labute approximate surface area is 200 Å². The van der Waals surface area contributed by atoms with E-state index < -0.39 is 6.29 Å². The van der Waals surface area contributed by atoms with Gasteiger partial charge in [-0.25, -0.2) is 0 Å². The quantitative estimate of drug-likeness (QED) is 0.0812. The van der Waals surface area contributed by atoms with Gasteiger partial charge in [0.1, 0.15) is 0 Å². The van der Waals surface area contributed by atoms with Gasteiger partial charge in [-0.1, -0.05) is 122 Å². The molecule has 0 radical (unpaired) electrons. The Balaban J connectivity index is 3.97. The lowest BCUT2D eigenvalue weighted by Gasteiger charge is -2.21. The lowest BCUT2D eigenvalue weighted by molar-refractivity contribution is -0.0466. The highest BCUT2D eigenvalue weighted by atomic mass is 16.5. The molecule has 0 saturated carbocycles. The fourth-order valence-electron chi connectivity index (χ4n) is 4.76. The van der Waals surface area contributed by atoms with E-state index in [1.807, 2.05) is 0 Å². The Morgan fingerprint density at radius 3 is 1.34 bits per heavy atom. The van der Waals surface area contributed by atoms with Crippen LogP contribution in [0.2, 0.25) is 0 Å². The molecular formula is C28H58O4. The van der Waals surface area contributed by atoms with Crippen molar-refractivity contribution in [1.29, 1.82) is 0 Å². The predicted octanol–water partition coefficient (Wildman–Crippen LogP) is 7.26. The van der Waals surface area contributed by atoms with Crippen molar-refractivity contribution >= 4 is 0 Å². The summed E-state index contributed by atoms with van der Waals surface area (Å²) in [5.41, 5.74) is 0. The Hall–Kier alpha value is -0.160. The first-order valence-corrected chi connectivity index (χ1v) is 14.2. The highest BCUT2D eigenvalue weighted by molar-refractivity contribution is 4.67. The fraction of sp³-hybridized carbons (Fsp3) is 1.00. The molecular weight excluding hydrogens is 400 g/mol. The van der Waals surface area contributed by atoms with Gasteiger partial charge in [0.2, 0.25) is 0 Å². The van der Waals surface area contributed by atoms with Crippen LogP contribution in [0.15, 0.2) is 0 Å². The zero-order valence-electron chi connectivity index (χ0n) is 21.5. The third-order valence-electron chi connectivity index (χ3n) is 6.84. The maximum absolute atomic E-state index is 10.5. The highest BCUT2D eigenvalue weighted by Gasteiger charge is 2.14. The van der Waals surface area contributed by atoms with Gasteiger partial charge in [-0.2, -0.15) is 0 Å². The second-order valence-electron chi connectivity index (χ2n) is 10.1. The van der Waals surface area contributed by atoms with Gasteiger partial charge in [-0.05, 0) is 38.0 Å². The summed E-state index contributed by atoms with van der Waals surface area (Å²) < 4.78 is 0. The summed E-state index contributed by atoms with van der Waals surface area (Å²) >= 11 is 0. The van der Waals surface area contributed by atoms with Crippen LogP contribution in [0.4, 0.5) is 0 Å². The van der Waals surface area contributed by atoms with Gasteiger partial charge >= 0.3 is 0 Å². The van der Waals surface area contributed by atoms with E-state index in [0.717, 1.165) is 38.5 Å². The molecule has 32 heavy (non-hydrogen) atoms. The molecule has 0 aliphatic rings. The molecule has 2 atom stereocenters. The van der Waals surface area contributed by atoms with Crippen LogP contribution in [0.5, 0.6) is 0 Å². The van der Waals surface area contributed by atoms with Crippen molar-refractivity contribution in [3.05, 3.63) is 0 Å². The second-order valence-corrected chi connectivity index (χ2v) is 10.1. The van der Waals surface area contributed by atoms with E-state index in [1.165, 1.54) is 103 Å². The van der Waals surface area contributed by atoms with E-state index in [0.29, 0.717) is 18.9 Å². The average Bonchev–Trinajstić information content (AvgIpc) is 2.76. The van der Waals surface area contributed by atoms with E-state index >= 15 is 0 Å². The van der Waals surface area contributed by atoms with Crippen LogP contribution < -0.4 is 0 Å². The molecule has 194 valence electrons. The molecule has 0 amide bonds. The second kappa shape index (κ2) is 25.5. The molecule has 0 aromatic rings. The first-order valence-electron chi connectivity index (χ1n) is 14.2. The Morgan fingerprint density at radius 1 is 0.469 bits per heavy atom. The zero-order chi connectivity index (χ0) is 23.7. The predicted molar refractivity (Wildman–Crippen MR) is 137 cm³/mol. The van der Waals surface area contributed by atoms with Gasteiger partial charge in [-0.15, -0.1) is 0 Å². The number of rotatable bonds is 26. The number of aliphatic hydroxyl groups is 4. The summed E-state index contributed by atoms with van der Waals surface area (Å²) in [6.07, 6.45) is 25.6. The van der Waals surface area contributed by atoms with Crippen LogP contribution in [0.1, 0.15) is 155 Å². The van der Waals surface area contributed by atoms with Gasteiger partial charge in [-0.3, -0.25) is 0 Å². The molecule has 4 heteroatoms. The van der Waals surface area contributed by atoms with E-state index in [-0.39, 0.29) is 6.10 Å². The maximum Gasteiger partial charge on any atom is 0.151 e. The van der Waals surface area contributed by atoms with Gasteiger partial charge < -0.3 is 20.4 Å². The van der Waals surface area contributed by atoms with Gasteiger partial charge in [0.05, 0.1) is 6.10 Å². The lowest BCUT2D eigenvalue weighted by Crippen LogP contribution is -2.14. The monoisotopic (exact) mass is 458 g/mol. The summed E-state index contributed by atoms with van der Waals surface area (Å²) in [4.78, 5) is 0. The van der Waals surface area contributed by atoms with Crippen molar-refractivity contribution in [2.45, 2.75) is 167 Å². The Bertz CT molecular complexity index is 348. The van der Waals surface area contributed by atoms with Crippen molar-refractivity contribution in [3.63, 3.8) is 0 Å². The minimum absolute atomic E-state index is 0.114. The molecule has 4 nitrogen and oxygen atoms in total. The molecule has 4 N–H and O–H groups in total. The average molecular weight is 459 g/mol. The van der Waals surface area contributed by atoms with Crippen LogP contribution in [0, 0.1) is 5.92 Å². The van der Waals surface area contributed by atoms with Crippen molar-refractivity contribution in [2.24, 2.45) is 5.92 Å². The molecule has 0 bridgehead atoms. The van der Waals surface area contributed by atoms with Crippen LogP contribution in [0.25, 0.3) is 0 Å². The van der Waals surface area contributed by atoms with E-state index in [4.69, 9.17) is 15.3 Å². The molecule has 0 spiro atoms. The lowest BCUT2D eigenvalue weighted by atomic mass is 9.88. The minimum Gasteiger partial charge on any atom is -0.396 e. The number of unbranched alkanes of at least 4 members (excludes halogenated alkanes) is 15. The van der Waals surface area contributed by atoms with Crippen molar-refractivity contribution < 1.29 is 20.4 Å². The molecule has 0 rings (SSSR count). The van der Waals surface area contributed by atoms with Crippen LogP contribution in [-0.4, -0.2) is 39.4 Å². The standard InChI is InChI=1S/C28H58O4/c1-2-3-4-17-22-27(30)25-26(21-16-12-8-6-10-14-19-24-29)20-15-11-7-5-9-13-18-23-28(31)32/h26-32H,2-25H2,1H3. The van der Waals surface area contributed by atoms with E-state index in [1.54, 1.807) is 0 Å². The van der Waals surface area contributed by atoms with E-state index in [9.17, 15) is 5.11 Å². The van der Waals surface area contributed by atoms with Crippen LogP contribution in [0.3, 0.4) is 0 Å². The maximum atomic E-state index is 10.5. The molecule has 0 heterocycles. The summed E-state index contributed by atoms with van der Waals surface area (Å²) in [6, 6.07) is 0. The van der Waals surface area contributed by atoms with Gasteiger partial charge in [0.25, 0.3) is 0 Å². The minimum atomic E-state index is -1.14. The summed E-state index contributed by atoms with van der Waals surface area (Å²) in [5, 5.41) is 37.2. The normalized spacial score (nSPS) is 13.7. The number of aliphatic hydroxyl groups excluding tert-OH is 3. The largest absolute Gasteiger partial charge is 0.396 e. The van der Waals surface area contributed by atoms with Gasteiger partial charge in [0, 0.05) is 6.61 Å². The fourth-order valence-corrected chi connectivity index (χ4v) is 4.76. The van der Waals surface area contributed by atoms with E-state index in [2.05, 4.69) is 6.92 Å². The molecule has 2 unspecified atom stereocenters. The summed E-state index contributed by atoms with van der Waals surface area (Å²) in [6.45, 7) is 2.56. The van der Waals surface area contributed by atoms with Crippen LogP contribution >= 0.6 is 0 Å². The Morgan fingerprint density at radius 2 is 0.875 bits per heavy atom. The molecule has 0 fully saturated rings. The smallest absolute Gasteiger partial charge is 0.151 e. The molecule has 0 aromatic heterocycles. The SMILES string of the molecule is CCCCCCC(O)CC(CCCCCCCCCO)CCCCCCCCCC(O)O. The van der Waals surface area contributed by atoms with Crippen LogP contribution in [-0.2, 0) is 0 Å². The van der Waals surface area contributed by atoms with Crippen molar-refractivity contribution in [3.8, 4) is 0 Å². The van der Waals surface area contributed by atoms with Crippen molar-refractivity contribution in [1.82, 2.24) is 0 Å². The molecule has 0 aliphatic carbocycles. The Kier molecular flexibility index (Phi) is 25.3. The number of hydrogen-bond donors (Lipinski definition) is 4. The first-order chi connectivity index (χ1) is 15.6. The summed E-state index contributed by atoms with van der Waals surface area (Å²) in [7, 11) is 0. The third-order valence-corrected chi connectivity index (χ3v) is 6.84. The number of hydrogen-bond acceptors (Lipinski definition) is 4. The molecule has 0 aromatic carbocycles. The highest BCUT2D eigenvalue weighted by Crippen LogP contribution is 2.25. The molecule has 0 aliphatic heterocycles. The topological polar surface area (TPSA) is 80.9 Å². The third kappa shape index (κ3) is 24.5. The molecule has 0 saturated heterocycles. The summed E-state index contributed by atoms with van der Waals surface area (Å²) in [5.74, 6) is 0.677. The van der Waals surface area contributed by atoms with Gasteiger partial charge in [0.15, 0.2) is 6.29 Å².